The lowest BCUT2D eigenvalue weighted by Gasteiger charge is -2.12. The second-order valence-corrected chi connectivity index (χ2v) is 6.50. The van der Waals surface area contributed by atoms with E-state index < -0.39 is 0 Å². The van der Waals surface area contributed by atoms with Gasteiger partial charge in [0.2, 0.25) is 0 Å². The average Bonchev–Trinajstić information content (AvgIpc) is 2.68. The van der Waals surface area contributed by atoms with Gasteiger partial charge in [0.1, 0.15) is 0 Å². The Morgan fingerprint density at radius 3 is 2.62 bits per heavy atom. The predicted octanol–water partition coefficient (Wildman–Crippen LogP) is 5.80. The third-order valence-corrected chi connectivity index (χ3v) is 5.18. The van der Waals surface area contributed by atoms with E-state index in [2.05, 4.69) is 22.9 Å². The van der Waals surface area contributed by atoms with Crippen LogP contribution in [0.3, 0.4) is 0 Å². The van der Waals surface area contributed by atoms with Crippen LogP contribution in [0.25, 0.3) is 0 Å². The van der Waals surface area contributed by atoms with Gasteiger partial charge in [-0.15, -0.1) is 22.9 Å². The molecule has 84 valence electrons. The summed E-state index contributed by atoms with van der Waals surface area (Å²) in [6.45, 7) is 2.06. The molecule has 0 aliphatic carbocycles. The van der Waals surface area contributed by atoms with Crippen molar-refractivity contribution in [3.8, 4) is 0 Å². The van der Waals surface area contributed by atoms with Gasteiger partial charge >= 0.3 is 0 Å². The Morgan fingerprint density at radius 1 is 1.25 bits per heavy atom. The fourth-order valence-corrected chi connectivity index (χ4v) is 3.40. The van der Waals surface area contributed by atoms with Gasteiger partial charge in [-0.3, -0.25) is 0 Å². The molecule has 0 bridgehead atoms. The molecule has 0 spiro atoms. The van der Waals surface area contributed by atoms with E-state index in [0.717, 1.165) is 19.2 Å². The van der Waals surface area contributed by atoms with Crippen LogP contribution in [-0.4, -0.2) is 0 Å². The first-order chi connectivity index (χ1) is 7.59. The summed E-state index contributed by atoms with van der Waals surface area (Å²) in [5, 5.41) is -0.130. The molecule has 0 fully saturated rings. The van der Waals surface area contributed by atoms with Crippen LogP contribution >= 0.6 is 50.5 Å². The fourth-order valence-electron chi connectivity index (χ4n) is 1.52. The third kappa shape index (κ3) is 2.45. The molecule has 0 radical (unpaired) electrons. The highest BCUT2D eigenvalue weighted by Crippen LogP contribution is 2.38. The maximum absolute atomic E-state index is 6.45. The second kappa shape index (κ2) is 5.09. The van der Waals surface area contributed by atoms with E-state index in [1.807, 2.05) is 30.3 Å². The van der Waals surface area contributed by atoms with E-state index in [1.54, 1.807) is 0 Å². The molecule has 0 aliphatic heterocycles. The summed E-state index contributed by atoms with van der Waals surface area (Å²) >= 11 is 17.4. The monoisotopic (exact) mass is 334 g/mol. The number of thiophene rings is 1. The fraction of sp³-hybridized carbons (Fsp3) is 0.167. The normalized spacial score (nSPS) is 12.8. The minimum Gasteiger partial charge on any atom is -0.127 e. The lowest BCUT2D eigenvalue weighted by atomic mass is 10.0. The molecule has 0 aliphatic rings. The topological polar surface area (TPSA) is 0 Å². The van der Waals surface area contributed by atoms with Crippen LogP contribution in [0.4, 0.5) is 0 Å². The van der Waals surface area contributed by atoms with Crippen molar-refractivity contribution in [2.45, 2.75) is 12.3 Å². The van der Waals surface area contributed by atoms with Crippen LogP contribution in [0.2, 0.25) is 4.34 Å². The molecule has 1 atom stereocenters. The van der Waals surface area contributed by atoms with Crippen molar-refractivity contribution in [2.24, 2.45) is 0 Å². The van der Waals surface area contributed by atoms with Gasteiger partial charge in [0.05, 0.1) is 9.71 Å². The maximum atomic E-state index is 6.45. The minimum atomic E-state index is -0.130. The van der Waals surface area contributed by atoms with Crippen molar-refractivity contribution in [1.82, 2.24) is 0 Å². The van der Waals surface area contributed by atoms with Crippen molar-refractivity contribution < 1.29 is 0 Å². The Kier molecular flexibility index (Phi) is 3.96. The number of alkyl halides is 1. The molecule has 2 rings (SSSR count). The molecular weight excluding hydrogens is 327 g/mol. The molecule has 1 heterocycles. The van der Waals surface area contributed by atoms with Crippen LogP contribution in [-0.2, 0) is 0 Å². The molecule has 0 amide bonds. The summed E-state index contributed by atoms with van der Waals surface area (Å²) in [5.74, 6) is 0. The van der Waals surface area contributed by atoms with Gasteiger partial charge in [-0.05, 0) is 36.2 Å². The Balaban J connectivity index is 2.41. The smallest absolute Gasteiger partial charge is 0.0931 e. The summed E-state index contributed by atoms with van der Waals surface area (Å²) in [5.41, 5.74) is 2.29. The molecule has 1 aromatic carbocycles. The highest BCUT2D eigenvalue weighted by atomic mass is 79.9. The van der Waals surface area contributed by atoms with Crippen LogP contribution in [0.1, 0.15) is 21.4 Å². The zero-order valence-electron chi connectivity index (χ0n) is 8.51. The number of rotatable bonds is 2. The van der Waals surface area contributed by atoms with E-state index in [-0.39, 0.29) is 5.38 Å². The number of benzene rings is 1. The summed E-state index contributed by atoms with van der Waals surface area (Å²) < 4.78 is 1.85. The zero-order chi connectivity index (χ0) is 11.7. The first kappa shape index (κ1) is 12.4. The van der Waals surface area contributed by atoms with Crippen molar-refractivity contribution in [2.75, 3.05) is 0 Å². The SMILES string of the molecule is Cc1c(Br)cccc1C(Cl)c1ccc(Cl)s1. The molecular formula is C12H9BrCl2S. The van der Waals surface area contributed by atoms with E-state index in [1.165, 1.54) is 16.9 Å². The van der Waals surface area contributed by atoms with E-state index >= 15 is 0 Å². The molecule has 0 N–H and O–H groups in total. The Morgan fingerprint density at radius 2 is 2.00 bits per heavy atom. The summed E-state index contributed by atoms with van der Waals surface area (Å²) in [7, 11) is 0. The van der Waals surface area contributed by atoms with Gasteiger partial charge in [-0.25, -0.2) is 0 Å². The predicted molar refractivity (Wildman–Crippen MR) is 75.9 cm³/mol. The molecule has 0 saturated heterocycles. The van der Waals surface area contributed by atoms with Crippen LogP contribution in [0, 0.1) is 6.92 Å². The number of halogens is 3. The van der Waals surface area contributed by atoms with Gasteiger partial charge < -0.3 is 0 Å². The summed E-state index contributed by atoms with van der Waals surface area (Å²) in [6, 6.07) is 9.92. The first-order valence-corrected chi connectivity index (χ1v) is 7.16. The number of hydrogen-bond acceptors (Lipinski definition) is 1. The molecule has 4 heteroatoms. The summed E-state index contributed by atoms with van der Waals surface area (Å²) in [4.78, 5) is 1.08. The first-order valence-electron chi connectivity index (χ1n) is 4.74. The largest absolute Gasteiger partial charge is 0.127 e. The Bertz CT molecular complexity index is 507. The van der Waals surface area contributed by atoms with Crippen LogP contribution in [0.5, 0.6) is 0 Å². The quantitative estimate of drug-likeness (QED) is 0.608. The van der Waals surface area contributed by atoms with Gasteiger partial charge in [-0.1, -0.05) is 39.7 Å². The van der Waals surface area contributed by atoms with E-state index in [0.29, 0.717) is 0 Å². The molecule has 0 nitrogen and oxygen atoms in total. The highest BCUT2D eigenvalue weighted by molar-refractivity contribution is 9.10. The van der Waals surface area contributed by atoms with Crippen molar-refractivity contribution in [3.05, 3.63) is 55.1 Å². The van der Waals surface area contributed by atoms with Crippen molar-refractivity contribution >= 4 is 50.5 Å². The van der Waals surface area contributed by atoms with Crippen LogP contribution < -0.4 is 0 Å². The lowest BCUT2D eigenvalue weighted by Crippen LogP contribution is -1.94. The zero-order valence-corrected chi connectivity index (χ0v) is 12.4. The van der Waals surface area contributed by atoms with Gasteiger partial charge in [-0.2, -0.15) is 0 Å². The number of hydrogen-bond donors (Lipinski definition) is 0. The van der Waals surface area contributed by atoms with E-state index in [9.17, 15) is 0 Å². The highest BCUT2D eigenvalue weighted by Gasteiger charge is 2.16. The van der Waals surface area contributed by atoms with E-state index in [4.69, 9.17) is 23.2 Å². The molecule has 2 aromatic rings. The van der Waals surface area contributed by atoms with Crippen molar-refractivity contribution in [3.63, 3.8) is 0 Å². The Labute approximate surface area is 117 Å². The standard InChI is InChI=1S/C12H9BrCl2S/c1-7-8(3-2-4-9(7)13)12(15)10-5-6-11(14)16-10/h2-6,12H,1H3. The maximum Gasteiger partial charge on any atom is 0.0931 e. The minimum absolute atomic E-state index is 0.130. The molecule has 1 aromatic heterocycles. The van der Waals surface area contributed by atoms with Crippen LogP contribution in [0.15, 0.2) is 34.8 Å². The van der Waals surface area contributed by atoms with Gasteiger partial charge in [0.25, 0.3) is 0 Å². The summed E-state index contributed by atoms with van der Waals surface area (Å²) in [6.07, 6.45) is 0. The molecule has 0 saturated carbocycles. The van der Waals surface area contributed by atoms with Gasteiger partial charge in [0, 0.05) is 9.35 Å². The molecule has 1 unspecified atom stereocenters. The second-order valence-electron chi connectivity index (χ2n) is 3.46. The average molecular weight is 336 g/mol. The Hall–Kier alpha value is -0.0200. The van der Waals surface area contributed by atoms with Gasteiger partial charge in [0.15, 0.2) is 0 Å². The lowest BCUT2D eigenvalue weighted by molar-refractivity contribution is 1.14. The third-order valence-electron chi connectivity index (χ3n) is 2.43. The molecule has 16 heavy (non-hydrogen) atoms. The van der Waals surface area contributed by atoms with Crippen molar-refractivity contribution in [1.29, 1.82) is 0 Å².